The molecule has 5 nitrogen and oxygen atoms in total. The molecule has 0 aliphatic carbocycles. The number of carboxylic acid groups (broad SMARTS) is 1. The van der Waals surface area contributed by atoms with Gasteiger partial charge < -0.3 is 10.0 Å². The highest BCUT2D eigenvalue weighted by Crippen LogP contribution is 2.13. The average Bonchev–Trinajstić information content (AvgIpc) is 2.20. The molecule has 1 amide bonds. The number of aliphatic carboxylic acids is 1. The summed E-state index contributed by atoms with van der Waals surface area (Å²) < 4.78 is 0. The predicted molar refractivity (Wildman–Crippen MR) is 66.9 cm³/mol. The van der Waals surface area contributed by atoms with Crippen molar-refractivity contribution in [3.8, 4) is 0 Å². The Morgan fingerprint density at radius 2 is 1.76 bits per heavy atom. The lowest BCUT2D eigenvalue weighted by Gasteiger charge is -2.35. The van der Waals surface area contributed by atoms with Gasteiger partial charge in [-0.2, -0.15) is 0 Å². The van der Waals surface area contributed by atoms with Crippen molar-refractivity contribution in [3.05, 3.63) is 0 Å². The second-order valence-electron chi connectivity index (χ2n) is 5.14. The van der Waals surface area contributed by atoms with Crippen molar-refractivity contribution in [2.45, 2.75) is 39.7 Å². The van der Waals surface area contributed by atoms with Gasteiger partial charge in [-0.15, -0.1) is 0 Å². The quantitative estimate of drug-likeness (QED) is 0.758. The van der Waals surface area contributed by atoms with Crippen LogP contribution in [0.4, 0.5) is 0 Å². The van der Waals surface area contributed by atoms with Crippen LogP contribution >= 0.6 is 0 Å². The van der Waals surface area contributed by atoms with Gasteiger partial charge in [0.25, 0.3) is 0 Å². The molecule has 0 aromatic carbocycles. The van der Waals surface area contributed by atoms with Crippen LogP contribution in [0.3, 0.4) is 0 Å². The van der Waals surface area contributed by atoms with Crippen molar-refractivity contribution < 1.29 is 14.7 Å². The Bertz CT molecular complexity index is 271. The van der Waals surface area contributed by atoms with E-state index < -0.39 is 5.97 Å². The van der Waals surface area contributed by atoms with E-state index in [9.17, 15) is 9.59 Å². The molecule has 0 radical (unpaired) electrons. The SMILES string of the molecule is CCN(C)C(=O)CN(CCC(=O)O)C(C)(C)C. The summed E-state index contributed by atoms with van der Waals surface area (Å²) in [5.74, 6) is -0.816. The van der Waals surface area contributed by atoms with Crippen molar-refractivity contribution in [2.24, 2.45) is 0 Å². The third kappa shape index (κ3) is 6.26. The first kappa shape index (κ1) is 15.9. The summed E-state index contributed by atoms with van der Waals surface area (Å²) in [4.78, 5) is 25.9. The molecule has 0 aromatic rings. The van der Waals surface area contributed by atoms with Crippen LogP contribution in [-0.2, 0) is 9.59 Å². The third-order valence-corrected chi connectivity index (χ3v) is 2.77. The number of carbonyl (C=O) groups is 2. The Labute approximate surface area is 103 Å². The van der Waals surface area contributed by atoms with E-state index >= 15 is 0 Å². The zero-order valence-electron chi connectivity index (χ0n) is 11.5. The third-order valence-electron chi connectivity index (χ3n) is 2.77. The Kier molecular flexibility index (Phi) is 6.16. The van der Waals surface area contributed by atoms with Crippen molar-refractivity contribution in [1.82, 2.24) is 9.80 Å². The Morgan fingerprint density at radius 1 is 1.24 bits per heavy atom. The molecule has 0 spiro atoms. The summed E-state index contributed by atoms with van der Waals surface area (Å²) in [6.45, 7) is 9.17. The molecule has 0 fully saturated rings. The standard InChI is InChI=1S/C12H24N2O3/c1-6-13(5)10(15)9-14(12(2,3)4)8-7-11(16)17/h6-9H2,1-5H3,(H,16,17). The van der Waals surface area contributed by atoms with Crippen LogP contribution in [0.5, 0.6) is 0 Å². The first-order valence-corrected chi connectivity index (χ1v) is 5.89. The van der Waals surface area contributed by atoms with E-state index in [1.807, 2.05) is 32.6 Å². The minimum Gasteiger partial charge on any atom is -0.481 e. The van der Waals surface area contributed by atoms with Gasteiger partial charge in [0.1, 0.15) is 0 Å². The average molecular weight is 244 g/mol. The molecule has 0 bridgehead atoms. The van der Waals surface area contributed by atoms with Gasteiger partial charge in [0, 0.05) is 25.7 Å². The first-order valence-electron chi connectivity index (χ1n) is 5.89. The molecule has 17 heavy (non-hydrogen) atoms. The molecule has 0 saturated carbocycles. The maximum Gasteiger partial charge on any atom is 0.304 e. The highest BCUT2D eigenvalue weighted by atomic mass is 16.4. The lowest BCUT2D eigenvalue weighted by Crippen LogP contribution is -2.48. The Balaban J connectivity index is 4.50. The van der Waals surface area contributed by atoms with Crippen LogP contribution in [0, 0.1) is 0 Å². The molecule has 0 rings (SSSR count). The molecule has 0 aliphatic heterocycles. The smallest absolute Gasteiger partial charge is 0.304 e. The number of likely N-dealkylation sites (N-methyl/N-ethyl adjacent to an activating group) is 1. The van der Waals surface area contributed by atoms with Gasteiger partial charge in [-0.05, 0) is 27.7 Å². The van der Waals surface area contributed by atoms with E-state index in [1.54, 1.807) is 11.9 Å². The first-order chi connectivity index (χ1) is 7.68. The van der Waals surface area contributed by atoms with Crippen LogP contribution in [0.2, 0.25) is 0 Å². The molecule has 0 aliphatic rings. The van der Waals surface area contributed by atoms with E-state index in [4.69, 9.17) is 5.11 Å². The maximum absolute atomic E-state index is 11.8. The summed E-state index contributed by atoms with van der Waals surface area (Å²) in [5.41, 5.74) is -0.209. The van der Waals surface area contributed by atoms with E-state index in [-0.39, 0.29) is 24.4 Å². The van der Waals surface area contributed by atoms with Gasteiger partial charge >= 0.3 is 5.97 Å². The van der Waals surface area contributed by atoms with Gasteiger partial charge in [-0.1, -0.05) is 0 Å². The largest absolute Gasteiger partial charge is 0.481 e. The minimum atomic E-state index is -0.837. The molecule has 0 heterocycles. The van der Waals surface area contributed by atoms with Crippen molar-refractivity contribution in [1.29, 1.82) is 0 Å². The number of nitrogens with zero attached hydrogens (tertiary/aromatic N) is 2. The molecule has 0 atom stereocenters. The fourth-order valence-corrected chi connectivity index (χ4v) is 1.34. The van der Waals surface area contributed by atoms with Crippen LogP contribution in [0.1, 0.15) is 34.1 Å². The number of carbonyl (C=O) groups excluding carboxylic acids is 1. The molecule has 0 saturated heterocycles. The molecule has 5 heteroatoms. The van der Waals surface area contributed by atoms with Gasteiger partial charge in [-0.25, -0.2) is 0 Å². The molecule has 0 aromatic heterocycles. The summed E-state index contributed by atoms with van der Waals surface area (Å²) in [6.07, 6.45) is 0.0559. The van der Waals surface area contributed by atoms with E-state index in [0.29, 0.717) is 13.1 Å². The lowest BCUT2D eigenvalue weighted by atomic mass is 10.1. The van der Waals surface area contributed by atoms with Crippen LogP contribution in [-0.4, -0.2) is 59.0 Å². The maximum atomic E-state index is 11.8. The zero-order valence-corrected chi connectivity index (χ0v) is 11.5. The number of hydrogen-bond donors (Lipinski definition) is 1. The van der Waals surface area contributed by atoms with Crippen molar-refractivity contribution in [3.63, 3.8) is 0 Å². The highest BCUT2D eigenvalue weighted by Gasteiger charge is 2.24. The van der Waals surface area contributed by atoms with E-state index in [0.717, 1.165) is 0 Å². The summed E-state index contributed by atoms with van der Waals surface area (Å²) in [6, 6.07) is 0. The molecular formula is C12H24N2O3. The highest BCUT2D eigenvalue weighted by molar-refractivity contribution is 5.78. The fraction of sp³-hybridized carbons (Fsp3) is 0.833. The van der Waals surface area contributed by atoms with E-state index in [2.05, 4.69) is 0 Å². The number of amides is 1. The number of rotatable bonds is 6. The molecule has 0 unspecified atom stereocenters. The normalized spacial score (nSPS) is 11.6. The van der Waals surface area contributed by atoms with Crippen molar-refractivity contribution >= 4 is 11.9 Å². The van der Waals surface area contributed by atoms with Gasteiger partial charge in [-0.3, -0.25) is 14.5 Å². The monoisotopic (exact) mass is 244 g/mol. The van der Waals surface area contributed by atoms with Crippen LogP contribution in [0.25, 0.3) is 0 Å². The molecule has 1 N–H and O–H groups in total. The molecular weight excluding hydrogens is 220 g/mol. The van der Waals surface area contributed by atoms with Crippen molar-refractivity contribution in [2.75, 3.05) is 26.7 Å². The minimum absolute atomic E-state index is 0.0211. The second kappa shape index (κ2) is 6.59. The number of hydrogen-bond acceptors (Lipinski definition) is 3. The lowest BCUT2D eigenvalue weighted by molar-refractivity contribution is -0.139. The van der Waals surface area contributed by atoms with Crippen LogP contribution < -0.4 is 0 Å². The topological polar surface area (TPSA) is 60.9 Å². The van der Waals surface area contributed by atoms with Gasteiger partial charge in [0.15, 0.2) is 0 Å². The van der Waals surface area contributed by atoms with Gasteiger partial charge in [0.2, 0.25) is 5.91 Å². The van der Waals surface area contributed by atoms with E-state index in [1.165, 1.54) is 0 Å². The van der Waals surface area contributed by atoms with Gasteiger partial charge in [0.05, 0.1) is 13.0 Å². The predicted octanol–water partition coefficient (Wildman–Crippen LogP) is 1.04. The fourth-order valence-electron chi connectivity index (χ4n) is 1.34. The Morgan fingerprint density at radius 3 is 2.12 bits per heavy atom. The Hall–Kier alpha value is -1.10. The second-order valence-corrected chi connectivity index (χ2v) is 5.14. The summed E-state index contributed by atoms with van der Waals surface area (Å²) >= 11 is 0. The zero-order chi connectivity index (χ0) is 13.6. The summed E-state index contributed by atoms with van der Waals surface area (Å²) in [7, 11) is 1.75. The summed E-state index contributed by atoms with van der Waals surface area (Å²) in [5, 5.41) is 8.70. The number of carboxylic acids is 1. The molecule has 100 valence electrons. The van der Waals surface area contributed by atoms with Crippen LogP contribution in [0.15, 0.2) is 0 Å².